The van der Waals surface area contributed by atoms with Gasteiger partial charge < -0.3 is 4.90 Å². The van der Waals surface area contributed by atoms with Crippen molar-refractivity contribution in [2.45, 2.75) is 38.5 Å². The van der Waals surface area contributed by atoms with Crippen LogP contribution in [0.25, 0.3) is 0 Å². The maximum absolute atomic E-state index is 12.1. The molecule has 1 heterocycles. The van der Waals surface area contributed by atoms with Crippen molar-refractivity contribution in [1.82, 2.24) is 9.21 Å². The van der Waals surface area contributed by atoms with E-state index in [4.69, 9.17) is 5.14 Å². The minimum atomic E-state index is -3.61. The Labute approximate surface area is 115 Å². The van der Waals surface area contributed by atoms with Gasteiger partial charge in [0, 0.05) is 32.6 Å². The second kappa shape index (κ2) is 6.19. The van der Waals surface area contributed by atoms with Crippen molar-refractivity contribution in [3.63, 3.8) is 0 Å². The number of piperazine rings is 1. The Morgan fingerprint density at radius 2 is 1.63 bits per heavy atom. The summed E-state index contributed by atoms with van der Waals surface area (Å²) in [6.45, 7) is 1.55. The van der Waals surface area contributed by atoms with Gasteiger partial charge in [-0.3, -0.25) is 4.79 Å². The molecule has 1 aliphatic carbocycles. The monoisotopic (exact) mass is 289 g/mol. The van der Waals surface area contributed by atoms with Crippen LogP contribution in [0.3, 0.4) is 0 Å². The van der Waals surface area contributed by atoms with Crippen molar-refractivity contribution in [1.29, 1.82) is 0 Å². The van der Waals surface area contributed by atoms with E-state index in [1.54, 1.807) is 4.90 Å². The molecule has 0 radical (unpaired) electrons. The lowest BCUT2D eigenvalue weighted by atomic mass is 9.86. The van der Waals surface area contributed by atoms with E-state index in [0.29, 0.717) is 38.5 Å². The zero-order valence-corrected chi connectivity index (χ0v) is 12.1. The fourth-order valence-corrected chi connectivity index (χ4v) is 3.63. The number of rotatable bonds is 3. The van der Waals surface area contributed by atoms with E-state index in [0.717, 1.165) is 12.8 Å². The molecule has 0 spiro atoms. The second-order valence-corrected chi connectivity index (χ2v) is 7.08. The van der Waals surface area contributed by atoms with Crippen LogP contribution < -0.4 is 5.14 Å². The van der Waals surface area contributed by atoms with Crippen molar-refractivity contribution in [3.8, 4) is 0 Å². The number of hydrogen-bond donors (Lipinski definition) is 1. The molecule has 1 saturated carbocycles. The molecule has 0 atom stereocenters. The van der Waals surface area contributed by atoms with E-state index in [1.807, 2.05) is 0 Å². The maximum atomic E-state index is 12.1. The van der Waals surface area contributed by atoms with E-state index >= 15 is 0 Å². The normalized spacial score (nSPS) is 23.5. The molecule has 0 aromatic rings. The van der Waals surface area contributed by atoms with E-state index in [-0.39, 0.29) is 5.91 Å². The van der Waals surface area contributed by atoms with Gasteiger partial charge in [0.15, 0.2) is 0 Å². The van der Waals surface area contributed by atoms with Crippen molar-refractivity contribution in [3.05, 3.63) is 0 Å². The van der Waals surface area contributed by atoms with Gasteiger partial charge in [-0.05, 0) is 18.8 Å². The van der Waals surface area contributed by atoms with Gasteiger partial charge >= 0.3 is 0 Å². The fourth-order valence-electron chi connectivity index (χ4n) is 2.96. The van der Waals surface area contributed by atoms with Gasteiger partial charge in [-0.2, -0.15) is 12.7 Å². The predicted octanol–water partition coefficient (Wildman–Crippen LogP) is 0.305. The topological polar surface area (TPSA) is 83.7 Å². The van der Waals surface area contributed by atoms with Crippen LogP contribution in [-0.4, -0.2) is 49.7 Å². The quantitative estimate of drug-likeness (QED) is 0.811. The van der Waals surface area contributed by atoms with Gasteiger partial charge in [0.2, 0.25) is 5.91 Å². The maximum Gasteiger partial charge on any atom is 0.277 e. The van der Waals surface area contributed by atoms with Crippen LogP contribution in [-0.2, 0) is 15.0 Å². The summed E-state index contributed by atoms with van der Waals surface area (Å²) in [4.78, 5) is 13.9. The minimum Gasteiger partial charge on any atom is -0.340 e. The molecular formula is C12H23N3O3S. The summed E-state index contributed by atoms with van der Waals surface area (Å²) in [5.41, 5.74) is 0. The Balaban J connectivity index is 1.79. The molecule has 0 unspecified atom stereocenters. The number of amides is 1. The van der Waals surface area contributed by atoms with Crippen LogP contribution >= 0.6 is 0 Å². The van der Waals surface area contributed by atoms with Crippen LogP contribution in [0, 0.1) is 5.92 Å². The summed E-state index contributed by atoms with van der Waals surface area (Å²) in [7, 11) is -3.61. The lowest BCUT2D eigenvalue weighted by molar-refractivity contribution is -0.133. The van der Waals surface area contributed by atoms with Crippen molar-refractivity contribution >= 4 is 16.1 Å². The largest absolute Gasteiger partial charge is 0.340 e. The molecule has 2 fully saturated rings. The average Bonchev–Trinajstić information content (AvgIpc) is 2.39. The highest BCUT2D eigenvalue weighted by Gasteiger charge is 2.27. The van der Waals surface area contributed by atoms with Crippen LogP contribution in [0.2, 0.25) is 0 Å². The first-order chi connectivity index (χ1) is 8.97. The average molecular weight is 289 g/mol. The molecular weight excluding hydrogens is 266 g/mol. The molecule has 6 nitrogen and oxygen atoms in total. The molecule has 19 heavy (non-hydrogen) atoms. The van der Waals surface area contributed by atoms with Gasteiger partial charge in [-0.25, -0.2) is 5.14 Å². The molecule has 2 rings (SSSR count). The van der Waals surface area contributed by atoms with E-state index in [2.05, 4.69) is 0 Å². The Morgan fingerprint density at radius 1 is 1.05 bits per heavy atom. The minimum absolute atomic E-state index is 0.168. The zero-order valence-electron chi connectivity index (χ0n) is 11.3. The lowest BCUT2D eigenvalue weighted by Crippen LogP contribution is -2.52. The number of hydrogen-bond acceptors (Lipinski definition) is 3. The second-order valence-electron chi connectivity index (χ2n) is 5.53. The summed E-state index contributed by atoms with van der Waals surface area (Å²) < 4.78 is 23.6. The van der Waals surface area contributed by atoms with Crippen LogP contribution in [0.15, 0.2) is 0 Å². The van der Waals surface area contributed by atoms with Crippen LogP contribution in [0.5, 0.6) is 0 Å². The zero-order chi connectivity index (χ0) is 13.9. The number of carbonyl (C=O) groups excluding carboxylic acids is 1. The SMILES string of the molecule is NS(=O)(=O)N1CCN(C(=O)CC2CCCCC2)CC1. The van der Waals surface area contributed by atoms with Gasteiger partial charge in [-0.15, -0.1) is 0 Å². The fraction of sp³-hybridized carbons (Fsp3) is 0.917. The van der Waals surface area contributed by atoms with Crippen molar-refractivity contribution < 1.29 is 13.2 Å². The summed E-state index contributed by atoms with van der Waals surface area (Å²) in [6.07, 6.45) is 6.69. The smallest absolute Gasteiger partial charge is 0.277 e. The number of carbonyl (C=O) groups is 1. The molecule has 1 saturated heterocycles. The standard InChI is InChI=1S/C12H23N3O3S/c13-19(17,18)15-8-6-14(7-9-15)12(16)10-11-4-2-1-3-5-11/h11H,1-10H2,(H2,13,17,18). The van der Waals surface area contributed by atoms with Crippen molar-refractivity contribution in [2.24, 2.45) is 11.1 Å². The van der Waals surface area contributed by atoms with Crippen LogP contribution in [0.4, 0.5) is 0 Å². The molecule has 2 aliphatic rings. The third kappa shape index (κ3) is 4.15. The van der Waals surface area contributed by atoms with E-state index in [9.17, 15) is 13.2 Å². The first kappa shape index (κ1) is 14.7. The van der Waals surface area contributed by atoms with E-state index < -0.39 is 10.2 Å². The summed E-state index contributed by atoms with van der Waals surface area (Å²) >= 11 is 0. The highest BCUT2D eigenvalue weighted by molar-refractivity contribution is 7.86. The molecule has 1 aliphatic heterocycles. The van der Waals surface area contributed by atoms with Gasteiger partial charge in [0.1, 0.15) is 0 Å². The van der Waals surface area contributed by atoms with Gasteiger partial charge in [0.05, 0.1) is 0 Å². The third-order valence-electron chi connectivity index (χ3n) is 4.14. The molecule has 110 valence electrons. The Kier molecular flexibility index (Phi) is 4.81. The third-order valence-corrected chi connectivity index (χ3v) is 5.22. The van der Waals surface area contributed by atoms with Crippen LogP contribution in [0.1, 0.15) is 38.5 Å². The first-order valence-electron chi connectivity index (χ1n) is 7.02. The molecule has 0 aromatic heterocycles. The van der Waals surface area contributed by atoms with Gasteiger partial charge in [-0.1, -0.05) is 19.3 Å². The number of nitrogens with two attached hydrogens (primary N) is 1. The lowest BCUT2D eigenvalue weighted by Gasteiger charge is -2.34. The molecule has 0 bridgehead atoms. The first-order valence-corrected chi connectivity index (χ1v) is 8.53. The Hall–Kier alpha value is -0.660. The summed E-state index contributed by atoms with van der Waals surface area (Å²) in [5.74, 6) is 0.693. The molecule has 0 aromatic carbocycles. The molecule has 2 N–H and O–H groups in total. The Morgan fingerprint density at radius 3 is 2.16 bits per heavy atom. The highest BCUT2D eigenvalue weighted by Crippen LogP contribution is 2.27. The predicted molar refractivity (Wildman–Crippen MR) is 72.5 cm³/mol. The molecule has 7 heteroatoms. The van der Waals surface area contributed by atoms with Gasteiger partial charge in [0.25, 0.3) is 10.2 Å². The summed E-state index contributed by atoms with van der Waals surface area (Å²) in [6, 6.07) is 0. The highest BCUT2D eigenvalue weighted by atomic mass is 32.2. The van der Waals surface area contributed by atoms with Crippen molar-refractivity contribution in [2.75, 3.05) is 26.2 Å². The Bertz CT molecular complexity index is 410. The number of nitrogens with zero attached hydrogens (tertiary/aromatic N) is 2. The molecule has 1 amide bonds. The van der Waals surface area contributed by atoms with E-state index in [1.165, 1.54) is 23.6 Å². The summed E-state index contributed by atoms with van der Waals surface area (Å²) in [5, 5.41) is 5.08.